The summed E-state index contributed by atoms with van der Waals surface area (Å²) >= 11 is 0. The van der Waals surface area contributed by atoms with Crippen molar-refractivity contribution in [1.29, 1.82) is 0 Å². The number of carbonyl (C=O) groups excluding carboxylic acids is 1. The number of carboxylic acid groups (broad SMARTS) is 1. The maximum Gasteiger partial charge on any atom is 0.317 e. The van der Waals surface area contributed by atoms with Gasteiger partial charge in [-0.15, -0.1) is 0 Å². The van der Waals surface area contributed by atoms with Crippen LogP contribution >= 0.6 is 0 Å². The summed E-state index contributed by atoms with van der Waals surface area (Å²) in [4.78, 5) is 26.5. The predicted octanol–water partition coefficient (Wildman–Crippen LogP) is -0.979. The van der Waals surface area contributed by atoms with Crippen molar-refractivity contribution in [3.63, 3.8) is 0 Å². The normalized spacial score (nSPS) is 25.9. The Hall–Kier alpha value is -1.18. The number of amides is 1. The van der Waals surface area contributed by atoms with Crippen LogP contribution in [0.25, 0.3) is 0 Å². The van der Waals surface area contributed by atoms with Gasteiger partial charge < -0.3 is 19.5 Å². The van der Waals surface area contributed by atoms with Crippen molar-refractivity contribution in [1.82, 2.24) is 9.80 Å². The van der Waals surface area contributed by atoms with E-state index in [0.717, 1.165) is 6.42 Å². The summed E-state index contributed by atoms with van der Waals surface area (Å²) in [7, 11) is 0. The van der Waals surface area contributed by atoms with E-state index in [0.29, 0.717) is 46.0 Å². The second-order valence-corrected chi connectivity index (χ2v) is 4.78. The largest absolute Gasteiger partial charge is 0.480 e. The van der Waals surface area contributed by atoms with Crippen LogP contribution in [0.5, 0.6) is 0 Å². The van der Waals surface area contributed by atoms with E-state index in [1.54, 1.807) is 4.90 Å². The van der Waals surface area contributed by atoms with Crippen molar-refractivity contribution in [2.75, 3.05) is 52.5 Å². The topological polar surface area (TPSA) is 79.3 Å². The smallest absolute Gasteiger partial charge is 0.317 e. The van der Waals surface area contributed by atoms with Crippen LogP contribution in [0.4, 0.5) is 0 Å². The molecule has 0 aromatic carbocycles. The van der Waals surface area contributed by atoms with Gasteiger partial charge in [0.15, 0.2) is 6.10 Å². The van der Waals surface area contributed by atoms with Crippen LogP contribution in [0.1, 0.15) is 6.42 Å². The Labute approximate surface area is 112 Å². The van der Waals surface area contributed by atoms with Crippen LogP contribution in [0.2, 0.25) is 0 Å². The van der Waals surface area contributed by atoms with E-state index >= 15 is 0 Å². The Bertz CT molecular complexity index is 330. The van der Waals surface area contributed by atoms with Gasteiger partial charge in [0.2, 0.25) is 0 Å². The summed E-state index contributed by atoms with van der Waals surface area (Å²) in [6.07, 6.45) is 0.284. The van der Waals surface area contributed by atoms with Gasteiger partial charge in [-0.1, -0.05) is 0 Å². The molecule has 1 N–H and O–H groups in total. The summed E-state index contributed by atoms with van der Waals surface area (Å²) in [5.41, 5.74) is 0. The molecule has 0 aliphatic carbocycles. The van der Waals surface area contributed by atoms with Crippen molar-refractivity contribution in [2.24, 2.45) is 0 Å². The SMILES string of the molecule is O=C(O)CN1CCCN(C(=O)C2COCCO2)CC1. The third kappa shape index (κ3) is 4.15. The molecule has 0 spiro atoms. The molecule has 0 radical (unpaired) electrons. The van der Waals surface area contributed by atoms with Gasteiger partial charge in [0, 0.05) is 26.2 Å². The fourth-order valence-corrected chi connectivity index (χ4v) is 2.37. The fraction of sp³-hybridized carbons (Fsp3) is 0.833. The lowest BCUT2D eigenvalue weighted by atomic mass is 10.3. The fourth-order valence-electron chi connectivity index (χ4n) is 2.37. The minimum atomic E-state index is -0.830. The van der Waals surface area contributed by atoms with Crippen LogP contribution in [-0.4, -0.2) is 85.4 Å². The molecule has 2 rings (SSSR count). The lowest BCUT2D eigenvalue weighted by Gasteiger charge is -2.28. The van der Waals surface area contributed by atoms with E-state index in [9.17, 15) is 9.59 Å². The third-order valence-corrected chi connectivity index (χ3v) is 3.35. The molecule has 1 unspecified atom stereocenters. The molecule has 0 aromatic heterocycles. The van der Waals surface area contributed by atoms with E-state index in [4.69, 9.17) is 14.6 Å². The highest BCUT2D eigenvalue weighted by atomic mass is 16.6. The summed E-state index contributed by atoms with van der Waals surface area (Å²) in [5.74, 6) is -0.874. The van der Waals surface area contributed by atoms with E-state index < -0.39 is 12.1 Å². The summed E-state index contributed by atoms with van der Waals surface area (Å²) in [6, 6.07) is 0. The highest BCUT2D eigenvalue weighted by molar-refractivity contribution is 5.81. The molecule has 108 valence electrons. The molecule has 2 saturated heterocycles. The van der Waals surface area contributed by atoms with E-state index in [-0.39, 0.29) is 12.5 Å². The first-order valence-electron chi connectivity index (χ1n) is 6.59. The molecule has 7 heteroatoms. The Balaban J connectivity index is 1.84. The summed E-state index contributed by atoms with van der Waals surface area (Å²) in [6.45, 7) is 3.83. The minimum Gasteiger partial charge on any atom is -0.480 e. The third-order valence-electron chi connectivity index (χ3n) is 3.35. The van der Waals surface area contributed by atoms with Crippen molar-refractivity contribution in [2.45, 2.75) is 12.5 Å². The molecular formula is C12H20N2O5. The van der Waals surface area contributed by atoms with Crippen molar-refractivity contribution < 1.29 is 24.2 Å². The van der Waals surface area contributed by atoms with Gasteiger partial charge >= 0.3 is 5.97 Å². The molecule has 2 aliphatic heterocycles. The molecule has 19 heavy (non-hydrogen) atoms. The van der Waals surface area contributed by atoms with Crippen LogP contribution in [-0.2, 0) is 19.1 Å². The Morgan fingerprint density at radius 3 is 2.68 bits per heavy atom. The molecular weight excluding hydrogens is 252 g/mol. The van der Waals surface area contributed by atoms with Crippen molar-refractivity contribution in [3.05, 3.63) is 0 Å². The average molecular weight is 272 g/mol. The van der Waals surface area contributed by atoms with Crippen LogP contribution in [0.15, 0.2) is 0 Å². The molecule has 0 aromatic rings. The van der Waals surface area contributed by atoms with Gasteiger partial charge in [0.05, 0.1) is 26.4 Å². The first kappa shape index (κ1) is 14.2. The van der Waals surface area contributed by atoms with Crippen LogP contribution in [0.3, 0.4) is 0 Å². The number of carbonyl (C=O) groups is 2. The highest BCUT2D eigenvalue weighted by Crippen LogP contribution is 2.09. The lowest BCUT2D eigenvalue weighted by molar-refractivity contribution is -0.157. The molecule has 2 aliphatic rings. The zero-order valence-corrected chi connectivity index (χ0v) is 10.9. The second kappa shape index (κ2) is 6.83. The number of aliphatic carboxylic acids is 1. The molecule has 2 fully saturated rings. The number of carboxylic acids is 1. The maximum absolute atomic E-state index is 12.2. The van der Waals surface area contributed by atoms with E-state index in [1.807, 2.05) is 4.90 Å². The standard InChI is InChI=1S/C12H20N2O5/c15-11(16)8-13-2-1-3-14(5-4-13)12(17)10-9-18-6-7-19-10/h10H,1-9H2,(H,15,16). The molecule has 0 saturated carbocycles. The van der Waals surface area contributed by atoms with Crippen LogP contribution in [0, 0.1) is 0 Å². The van der Waals surface area contributed by atoms with Gasteiger partial charge in [0.25, 0.3) is 5.91 Å². The molecule has 1 amide bonds. The Morgan fingerprint density at radius 1 is 1.16 bits per heavy atom. The zero-order chi connectivity index (χ0) is 13.7. The Kier molecular flexibility index (Phi) is 5.12. The number of hydrogen-bond donors (Lipinski definition) is 1. The monoisotopic (exact) mass is 272 g/mol. The number of nitrogens with zero attached hydrogens (tertiary/aromatic N) is 2. The van der Waals surface area contributed by atoms with Gasteiger partial charge in [-0.3, -0.25) is 14.5 Å². The zero-order valence-electron chi connectivity index (χ0n) is 10.9. The van der Waals surface area contributed by atoms with Crippen molar-refractivity contribution in [3.8, 4) is 0 Å². The maximum atomic E-state index is 12.2. The predicted molar refractivity (Wildman–Crippen MR) is 65.8 cm³/mol. The summed E-state index contributed by atoms with van der Waals surface area (Å²) < 4.78 is 10.6. The molecule has 1 atom stereocenters. The lowest BCUT2D eigenvalue weighted by Crippen LogP contribution is -2.46. The highest BCUT2D eigenvalue weighted by Gasteiger charge is 2.29. The van der Waals surface area contributed by atoms with E-state index in [1.165, 1.54) is 0 Å². The van der Waals surface area contributed by atoms with Gasteiger partial charge in [0.1, 0.15) is 0 Å². The number of ether oxygens (including phenoxy) is 2. The first-order valence-corrected chi connectivity index (χ1v) is 6.59. The Morgan fingerprint density at radius 2 is 2.00 bits per heavy atom. The van der Waals surface area contributed by atoms with Gasteiger partial charge in [-0.25, -0.2) is 0 Å². The van der Waals surface area contributed by atoms with Gasteiger partial charge in [-0.05, 0) is 6.42 Å². The minimum absolute atomic E-state index is 0.0328. The summed E-state index contributed by atoms with van der Waals surface area (Å²) in [5, 5.41) is 8.78. The number of rotatable bonds is 3. The first-order chi connectivity index (χ1) is 9.16. The molecule has 0 bridgehead atoms. The average Bonchev–Trinajstić information content (AvgIpc) is 2.64. The van der Waals surface area contributed by atoms with Crippen LogP contribution < -0.4 is 0 Å². The molecule has 7 nitrogen and oxygen atoms in total. The number of hydrogen-bond acceptors (Lipinski definition) is 5. The molecule has 2 heterocycles. The second-order valence-electron chi connectivity index (χ2n) is 4.78. The quantitative estimate of drug-likeness (QED) is 0.711. The van der Waals surface area contributed by atoms with E-state index in [2.05, 4.69) is 0 Å². The van der Waals surface area contributed by atoms with Gasteiger partial charge in [-0.2, -0.15) is 0 Å². The van der Waals surface area contributed by atoms with Crippen molar-refractivity contribution >= 4 is 11.9 Å².